The van der Waals surface area contributed by atoms with E-state index in [2.05, 4.69) is 31.1 Å². The molecule has 4 rings (SSSR count). The number of nitrogens with zero attached hydrogens (tertiary/aromatic N) is 4. The lowest BCUT2D eigenvalue weighted by Crippen LogP contribution is -2.36. The van der Waals surface area contributed by atoms with Crippen molar-refractivity contribution in [2.75, 3.05) is 10.7 Å². The molecular formula is C21H19BrN4O2S. The Morgan fingerprint density at radius 2 is 2.03 bits per heavy atom. The molecule has 0 N–H and O–H groups in total. The molecule has 1 unspecified atom stereocenters. The van der Waals surface area contributed by atoms with E-state index in [0.29, 0.717) is 16.7 Å². The third-order valence-corrected chi connectivity index (χ3v) is 5.99. The quantitative estimate of drug-likeness (QED) is 0.492. The molecular weight excluding hydrogens is 452 g/mol. The van der Waals surface area contributed by atoms with Gasteiger partial charge in [0.2, 0.25) is 23.2 Å². The number of rotatable bonds is 3. The summed E-state index contributed by atoms with van der Waals surface area (Å²) in [5.74, 6) is 1.05. The molecule has 148 valence electrons. The normalized spacial score (nSPS) is 15.2. The summed E-state index contributed by atoms with van der Waals surface area (Å²) in [4.78, 5) is 19.0. The van der Waals surface area contributed by atoms with Gasteiger partial charge in [-0.25, -0.2) is 0 Å². The van der Waals surface area contributed by atoms with Gasteiger partial charge in [0.1, 0.15) is 0 Å². The van der Waals surface area contributed by atoms with Gasteiger partial charge in [-0.3, -0.25) is 9.69 Å². The Bertz CT molecular complexity index is 1090. The second-order valence-corrected chi connectivity index (χ2v) is 8.67. The fraction of sp³-hybridized carbons (Fsp3) is 0.238. The topological polar surface area (TPSA) is 68.2 Å². The first-order chi connectivity index (χ1) is 14.0. The molecule has 1 amide bonds. The van der Waals surface area contributed by atoms with Crippen molar-refractivity contribution < 1.29 is 9.53 Å². The number of amides is 1. The van der Waals surface area contributed by atoms with Gasteiger partial charge in [0.05, 0.1) is 5.69 Å². The van der Waals surface area contributed by atoms with Gasteiger partial charge in [-0.2, -0.15) is 4.98 Å². The predicted molar refractivity (Wildman–Crippen MR) is 117 cm³/mol. The van der Waals surface area contributed by atoms with Gasteiger partial charge in [-0.15, -0.1) is 10.2 Å². The molecule has 8 heteroatoms. The summed E-state index contributed by atoms with van der Waals surface area (Å²) in [6.07, 6.45) is -0.693. The maximum Gasteiger partial charge on any atom is 0.247 e. The monoisotopic (exact) mass is 470 g/mol. The summed E-state index contributed by atoms with van der Waals surface area (Å²) in [5, 5.41) is 9.21. The zero-order valence-electron chi connectivity index (χ0n) is 16.2. The van der Waals surface area contributed by atoms with E-state index in [1.807, 2.05) is 56.3 Å². The van der Waals surface area contributed by atoms with Crippen LogP contribution in [0.2, 0.25) is 0 Å². The lowest BCUT2D eigenvalue weighted by molar-refractivity contribution is -0.118. The molecule has 29 heavy (non-hydrogen) atoms. The van der Waals surface area contributed by atoms with Crippen LogP contribution in [0, 0.1) is 6.92 Å². The number of thioether (sulfide) groups is 1. The maximum absolute atomic E-state index is 12.8. The van der Waals surface area contributed by atoms with Gasteiger partial charge in [0.15, 0.2) is 5.69 Å². The molecule has 1 aliphatic heterocycles. The smallest absolute Gasteiger partial charge is 0.247 e. The highest BCUT2D eigenvalue weighted by Gasteiger charge is 2.35. The number of carbonyl (C=O) groups is 1. The van der Waals surface area contributed by atoms with Gasteiger partial charge in [0, 0.05) is 22.5 Å². The Morgan fingerprint density at radius 1 is 1.24 bits per heavy atom. The average Bonchev–Trinajstić information content (AvgIpc) is 2.82. The van der Waals surface area contributed by atoms with Crippen LogP contribution < -0.4 is 9.64 Å². The molecule has 0 radical (unpaired) electrons. The summed E-state index contributed by atoms with van der Waals surface area (Å²) >= 11 is 5.09. The number of halogens is 1. The lowest BCUT2D eigenvalue weighted by Gasteiger charge is -2.30. The van der Waals surface area contributed by atoms with Crippen LogP contribution in [0.5, 0.6) is 5.88 Å². The zero-order valence-corrected chi connectivity index (χ0v) is 18.6. The SMILES string of the molecule is CCSc1nnc2c(n1)OC(c1ccccc1Br)N(C(C)=O)c1ccc(C)cc1-2. The van der Waals surface area contributed by atoms with E-state index in [9.17, 15) is 4.79 Å². The largest absolute Gasteiger partial charge is 0.447 e. The molecule has 0 bridgehead atoms. The van der Waals surface area contributed by atoms with E-state index in [0.717, 1.165) is 32.6 Å². The average molecular weight is 471 g/mol. The first-order valence-electron chi connectivity index (χ1n) is 9.19. The number of anilines is 1. The minimum absolute atomic E-state index is 0.139. The molecule has 6 nitrogen and oxygen atoms in total. The first kappa shape index (κ1) is 19.8. The van der Waals surface area contributed by atoms with Crippen molar-refractivity contribution in [3.63, 3.8) is 0 Å². The van der Waals surface area contributed by atoms with Crippen molar-refractivity contribution in [2.45, 2.75) is 32.2 Å². The highest BCUT2D eigenvalue weighted by atomic mass is 79.9. The summed E-state index contributed by atoms with van der Waals surface area (Å²) in [6, 6.07) is 13.6. The number of fused-ring (bicyclic) bond motifs is 3. The molecule has 0 saturated heterocycles. The van der Waals surface area contributed by atoms with E-state index in [-0.39, 0.29) is 5.91 Å². The Hall–Kier alpha value is -2.45. The number of aromatic nitrogens is 3. The van der Waals surface area contributed by atoms with E-state index >= 15 is 0 Å². The highest BCUT2D eigenvalue weighted by molar-refractivity contribution is 9.10. The van der Waals surface area contributed by atoms with Crippen LogP contribution in [0.15, 0.2) is 52.1 Å². The van der Waals surface area contributed by atoms with Crippen molar-refractivity contribution in [2.24, 2.45) is 0 Å². The molecule has 2 aromatic carbocycles. The van der Waals surface area contributed by atoms with Crippen LogP contribution in [0.4, 0.5) is 5.69 Å². The summed E-state index contributed by atoms with van der Waals surface area (Å²) < 4.78 is 7.20. The molecule has 1 aromatic heterocycles. The summed E-state index contributed by atoms with van der Waals surface area (Å²) in [5.41, 5.74) is 3.90. The third kappa shape index (κ3) is 3.74. The molecule has 1 aliphatic rings. The van der Waals surface area contributed by atoms with Gasteiger partial charge in [-0.1, -0.05) is 64.4 Å². The van der Waals surface area contributed by atoms with Crippen LogP contribution >= 0.6 is 27.7 Å². The van der Waals surface area contributed by atoms with E-state index in [1.54, 1.807) is 4.90 Å². The minimum atomic E-state index is -0.693. The summed E-state index contributed by atoms with van der Waals surface area (Å²) in [6.45, 7) is 5.56. The van der Waals surface area contributed by atoms with Gasteiger partial charge >= 0.3 is 0 Å². The van der Waals surface area contributed by atoms with E-state index in [1.165, 1.54) is 18.7 Å². The number of hydrogen-bond donors (Lipinski definition) is 0. The minimum Gasteiger partial charge on any atom is -0.447 e. The van der Waals surface area contributed by atoms with Gasteiger partial charge in [0.25, 0.3) is 0 Å². The van der Waals surface area contributed by atoms with E-state index < -0.39 is 6.23 Å². The van der Waals surface area contributed by atoms with Crippen molar-refractivity contribution in [3.05, 3.63) is 58.1 Å². The van der Waals surface area contributed by atoms with Gasteiger partial charge < -0.3 is 4.74 Å². The lowest BCUT2D eigenvalue weighted by atomic mass is 10.0. The second kappa shape index (κ2) is 8.12. The van der Waals surface area contributed by atoms with Crippen LogP contribution in [-0.4, -0.2) is 26.8 Å². The number of hydrogen-bond acceptors (Lipinski definition) is 6. The van der Waals surface area contributed by atoms with Crippen LogP contribution in [0.25, 0.3) is 11.3 Å². The summed E-state index contributed by atoms with van der Waals surface area (Å²) in [7, 11) is 0. The van der Waals surface area contributed by atoms with Crippen LogP contribution in [0.3, 0.4) is 0 Å². The number of aryl methyl sites for hydroxylation is 1. The fourth-order valence-corrected chi connectivity index (χ4v) is 4.27. The zero-order chi connectivity index (χ0) is 20.5. The van der Waals surface area contributed by atoms with Crippen molar-refractivity contribution in [1.29, 1.82) is 0 Å². The number of carbonyl (C=O) groups excluding carboxylic acids is 1. The fourth-order valence-electron chi connectivity index (χ4n) is 3.29. The standard InChI is InChI=1S/C21H19BrN4O2S/c1-4-29-21-23-19-18(24-25-21)15-11-12(2)9-10-17(15)26(13(3)27)20(28-19)14-7-5-6-8-16(14)22/h5-11,20H,4H2,1-3H3. The Labute approximate surface area is 181 Å². The number of benzene rings is 2. The van der Waals surface area contributed by atoms with Crippen molar-refractivity contribution in [3.8, 4) is 17.1 Å². The van der Waals surface area contributed by atoms with Crippen molar-refractivity contribution >= 4 is 39.3 Å². The maximum atomic E-state index is 12.8. The first-order valence-corrected chi connectivity index (χ1v) is 11.0. The molecule has 0 spiro atoms. The third-order valence-electron chi connectivity index (χ3n) is 4.54. The molecule has 0 saturated carbocycles. The van der Waals surface area contributed by atoms with Crippen molar-refractivity contribution in [1.82, 2.24) is 15.2 Å². The van der Waals surface area contributed by atoms with Gasteiger partial charge in [-0.05, 0) is 30.9 Å². The second-order valence-electron chi connectivity index (χ2n) is 6.58. The Morgan fingerprint density at radius 3 is 2.76 bits per heavy atom. The predicted octanol–water partition coefficient (Wildman–Crippen LogP) is 5.17. The Kier molecular flexibility index (Phi) is 5.56. The molecule has 1 atom stereocenters. The van der Waals surface area contributed by atoms with Crippen LogP contribution in [-0.2, 0) is 4.79 Å². The Balaban J connectivity index is 1.99. The molecule has 0 fully saturated rings. The molecule has 3 aromatic rings. The molecule has 2 heterocycles. The highest BCUT2D eigenvalue weighted by Crippen LogP contribution is 2.44. The van der Waals surface area contributed by atoms with Crippen LogP contribution in [0.1, 0.15) is 31.2 Å². The number of ether oxygens (including phenoxy) is 1. The van der Waals surface area contributed by atoms with E-state index in [4.69, 9.17) is 4.74 Å². The molecule has 0 aliphatic carbocycles.